The maximum absolute atomic E-state index is 12.8. The minimum Gasteiger partial charge on any atom is -0.493 e. The highest BCUT2D eigenvalue weighted by Crippen LogP contribution is 2.25. The topological polar surface area (TPSA) is 102 Å². The molecule has 1 aromatic heterocycles. The van der Waals surface area contributed by atoms with E-state index in [1.54, 1.807) is 13.8 Å². The van der Waals surface area contributed by atoms with E-state index in [9.17, 15) is 13.2 Å². The zero-order valence-electron chi connectivity index (χ0n) is 16.1. The standard InChI is InChI=1S/C19H25N3O5S/c1-14-19(15(2)27-21-14)28(24,25)22-11-8-16(9-12-22)20-18(23)10-13-26-17-6-4-3-5-7-17/h3-7,16H,8-13H2,1-2H3,(H,20,23). The van der Waals surface area contributed by atoms with Crippen LogP contribution in [0.25, 0.3) is 0 Å². The number of sulfonamides is 1. The number of amides is 1. The first-order chi connectivity index (χ1) is 13.4. The van der Waals surface area contributed by atoms with Crippen LogP contribution in [0.5, 0.6) is 5.75 Å². The zero-order valence-corrected chi connectivity index (χ0v) is 16.9. The van der Waals surface area contributed by atoms with Gasteiger partial charge >= 0.3 is 0 Å². The van der Waals surface area contributed by atoms with Gasteiger partial charge in [0.25, 0.3) is 0 Å². The van der Waals surface area contributed by atoms with Crippen molar-refractivity contribution < 1.29 is 22.5 Å². The second-order valence-electron chi connectivity index (χ2n) is 6.81. The molecule has 0 unspecified atom stereocenters. The summed E-state index contributed by atoms with van der Waals surface area (Å²) in [4.78, 5) is 12.3. The van der Waals surface area contributed by atoms with Crippen LogP contribution in [0.15, 0.2) is 39.8 Å². The molecule has 1 N–H and O–H groups in total. The normalized spacial score (nSPS) is 16.1. The number of hydrogen-bond donors (Lipinski definition) is 1. The van der Waals surface area contributed by atoms with Gasteiger partial charge in [0.2, 0.25) is 15.9 Å². The number of rotatable bonds is 7. The SMILES string of the molecule is Cc1noc(C)c1S(=O)(=O)N1CCC(NC(=O)CCOc2ccccc2)CC1. The van der Waals surface area contributed by atoms with Gasteiger partial charge in [0.1, 0.15) is 16.3 Å². The van der Waals surface area contributed by atoms with Crippen molar-refractivity contribution in [1.82, 2.24) is 14.8 Å². The molecule has 1 fully saturated rings. The van der Waals surface area contributed by atoms with Crippen molar-refractivity contribution in [2.75, 3.05) is 19.7 Å². The van der Waals surface area contributed by atoms with E-state index in [1.807, 2.05) is 30.3 Å². The molecule has 152 valence electrons. The summed E-state index contributed by atoms with van der Waals surface area (Å²) in [5, 5.41) is 6.70. The number of benzene rings is 1. The molecule has 2 aromatic rings. The van der Waals surface area contributed by atoms with Gasteiger partial charge in [-0.2, -0.15) is 4.31 Å². The number of piperidine rings is 1. The van der Waals surface area contributed by atoms with Crippen molar-refractivity contribution in [2.45, 2.75) is 44.0 Å². The maximum atomic E-state index is 12.8. The van der Waals surface area contributed by atoms with E-state index in [4.69, 9.17) is 9.26 Å². The first kappa shape index (κ1) is 20.3. The van der Waals surface area contributed by atoms with Gasteiger partial charge in [0, 0.05) is 19.1 Å². The molecule has 28 heavy (non-hydrogen) atoms. The van der Waals surface area contributed by atoms with E-state index in [0.29, 0.717) is 44.0 Å². The van der Waals surface area contributed by atoms with Gasteiger partial charge in [-0.1, -0.05) is 23.4 Å². The zero-order chi connectivity index (χ0) is 20.1. The first-order valence-corrected chi connectivity index (χ1v) is 10.7. The molecule has 1 amide bonds. The fraction of sp³-hybridized carbons (Fsp3) is 0.474. The lowest BCUT2D eigenvalue weighted by molar-refractivity contribution is -0.122. The number of nitrogens with zero attached hydrogens (tertiary/aromatic N) is 2. The van der Waals surface area contributed by atoms with Crippen molar-refractivity contribution in [3.8, 4) is 5.75 Å². The van der Waals surface area contributed by atoms with E-state index in [-0.39, 0.29) is 23.3 Å². The number of nitrogens with one attached hydrogen (secondary N) is 1. The summed E-state index contributed by atoms with van der Waals surface area (Å²) in [5.74, 6) is 0.933. The van der Waals surface area contributed by atoms with Crippen LogP contribution in [0.1, 0.15) is 30.7 Å². The lowest BCUT2D eigenvalue weighted by Crippen LogP contribution is -2.46. The van der Waals surface area contributed by atoms with Gasteiger partial charge in [-0.15, -0.1) is 0 Å². The van der Waals surface area contributed by atoms with Crippen LogP contribution in [0.4, 0.5) is 0 Å². The Morgan fingerprint density at radius 1 is 1.25 bits per heavy atom. The minimum atomic E-state index is -3.63. The molecule has 0 bridgehead atoms. The van der Waals surface area contributed by atoms with Crippen molar-refractivity contribution in [1.29, 1.82) is 0 Å². The largest absolute Gasteiger partial charge is 0.493 e. The van der Waals surface area contributed by atoms with E-state index >= 15 is 0 Å². The van der Waals surface area contributed by atoms with Gasteiger partial charge < -0.3 is 14.6 Å². The summed E-state index contributed by atoms with van der Waals surface area (Å²) in [6.07, 6.45) is 1.38. The molecule has 1 aromatic carbocycles. The third-order valence-corrected chi connectivity index (χ3v) is 6.87. The van der Waals surface area contributed by atoms with Gasteiger partial charge in [0.05, 0.1) is 13.0 Å². The second kappa shape index (κ2) is 8.74. The summed E-state index contributed by atoms with van der Waals surface area (Å²) >= 11 is 0. The molecule has 0 aliphatic carbocycles. The summed E-state index contributed by atoms with van der Waals surface area (Å²) in [6, 6.07) is 9.29. The predicted molar refractivity (Wildman–Crippen MR) is 102 cm³/mol. The Bertz CT molecular complexity index is 883. The highest BCUT2D eigenvalue weighted by Gasteiger charge is 2.34. The van der Waals surface area contributed by atoms with Crippen molar-refractivity contribution in [3.63, 3.8) is 0 Å². The molecule has 1 aliphatic heterocycles. The summed E-state index contributed by atoms with van der Waals surface area (Å²) < 4.78 is 37.6. The quantitative estimate of drug-likeness (QED) is 0.754. The van der Waals surface area contributed by atoms with E-state index in [2.05, 4.69) is 10.5 Å². The molecule has 8 nitrogen and oxygen atoms in total. The first-order valence-electron chi connectivity index (χ1n) is 9.28. The Morgan fingerprint density at radius 2 is 1.93 bits per heavy atom. The van der Waals surface area contributed by atoms with Crippen molar-refractivity contribution in [2.24, 2.45) is 0 Å². The molecule has 0 radical (unpaired) electrons. The fourth-order valence-electron chi connectivity index (χ4n) is 3.29. The number of aryl methyl sites for hydroxylation is 2. The van der Waals surface area contributed by atoms with Crippen LogP contribution < -0.4 is 10.1 Å². The van der Waals surface area contributed by atoms with E-state index in [0.717, 1.165) is 5.75 Å². The lowest BCUT2D eigenvalue weighted by atomic mass is 10.1. The molecule has 9 heteroatoms. The Hall–Kier alpha value is -2.39. The van der Waals surface area contributed by atoms with Gasteiger partial charge in [-0.3, -0.25) is 4.79 Å². The highest BCUT2D eigenvalue weighted by molar-refractivity contribution is 7.89. The number of para-hydroxylation sites is 1. The number of aromatic nitrogens is 1. The van der Waals surface area contributed by atoms with Crippen LogP contribution >= 0.6 is 0 Å². The molecule has 0 saturated carbocycles. The van der Waals surface area contributed by atoms with Crippen molar-refractivity contribution >= 4 is 15.9 Å². The Balaban J connectivity index is 1.45. The van der Waals surface area contributed by atoms with Gasteiger partial charge in [-0.05, 0) is 38.8 Å². The average molecular weight is 407 g/mol. The minimum absolute atomic E-state index is 0.0413. The van der Waals surface area contributed by atoms with Crippen LogP contribution in [0.3, 0.4) is 0 Å². The number of hydrogen-bond acceptors (Lipinski definition) is 6. The summed E-state index contributed by atoms with van der Waals surface area (Å²) in [5.41, 5.74) is 0.367. The highest BCUT2D eigenvalue weighted by atomic mass is 32.2. The maximum Gasteiger partial charge on any atom is 0.248 e. The second-order valence-corrected chi connectivity index (χ2v) is 8.69. The van der Waals surface area contributed by atoms with Crippen LogP contribution in [0, 0.1) is 13.8 Å². The van der Waals surface area contributed by atoms with Gasteiger partial charge in [0.15, 0.2) is 5.76 Å². The van der Waals surface area contributed by atoms with Crippen molar-refractivity contribution in [3.05, 3.63) is 41.8 Å². The van der Waals surface area contributed by atoms with Crippen LogP contribution in [0.2, 0.25) is 0 Å². The fourth-order valence-corrected chi connectivity index (χ4v) is 5.05. The third-order valence-electron chi connectivity index (χ3n) is 4.73. The molecule has 2 heterocycles. The Kier molecular flexibility index (Phi) is 6.35. The third kappa shape index (κ3) is 4.71. The predicted octanol–water partition coefficient (Wildman–Crippen LogP) is 2.03. The number of ether oxygens (including phenoxy) is 1. The molecule has 0 spiro atoms. The lowest BCUT2D eigenvalue weighted by Gasteiger charge is -2.31. The van der Waals surface area contributed by atoms with E-state index < -0.39 is 10.0 Å². The molecule has 3 rings (SSSR count). The molecule has 1 aliphatic rings. The van der Waals surface area contributed by atoms with Gasteiger partial charge in [-0.25, -0.2) is 8.42 Å². The number of carbonyl (C=O) groups excluding carboxylic acids is 1. The molecule has 0 atom stereocenters. The number of carbonyl (C=O) groups is 1. The molecular weight excluding hydrogens is 382 g/mol. The average Bonchev–Trinajstić information content (AvgIpc) is 3.02. The summed E-state index contributed by atoms with van der Waals surface area (Å²) in [7, 11) is -3.63. The Labute approximate surface area is 164 Å². The molecular formula is C19H25N3O5S. The smallest absolute Gasteiger partial charge is 0.248 e. The van der Waals surface area contributed by atoms with Crippen LogP contribution in [-0.4, -0.2) is 49.5 Å². The van der Waals surface area contributed by atoms with Crippen LogP contribution in [-0.2, 0) is 14.8 Å². The van der Waals surface area contributed by atoms with E-state index in [1.165, 1.54) is 4.31 Å². The monoisotopic (exact) mass is 407 g/mol. The Morgan fingerprint density at radius 3 is 2.54 bits per heavy atom. The molecule has 1 saturated heterocycles. The summed E-state index contributed by atoms with van der Waals surface area (Å²) in [6.45, 7) is 4.20.